The fourth-order valence-electron chi connectivity index (χ4n) is 2.22. The summed E-state index contributed by atoms with van der Waals surface area (Å²) in [7, 11) is 0. The lowest BCUT2D eigenvalue weighted by Crippen LogP contribution is -2.54. The Labute approximate surface area is 101 Å². The van der Waals surface area contributed by atoms with Gasteiger partial charge in [-0.05, 0) is 24.5 Å². The minimum atomic E-state index is 0.112. The first-order chi connectivity index (χ1) is 7.80. The quantitative estimate of drug-likeness (QED) is 0.868. The van der Waals surface area contributed by atoms with Gasteiger partial charge in [0.1, 0.15) is 0 Å². The zero-order valence-corrected chi connectivity index (χ0v) is 9.96. The van der Waals surface area contributed by atoms with Crippen molar-refractivity contribution in [1.82, 2.24) is 5.32 Å². The number of hydrogen-bond donors (Lipinski definition) is 1. The van der Waals surface area contributed by atoms with Gasteiger partial charge >= 0.3 is 0 Å². The lowest BCUT2D eigenvalue weighted by Gasteiger charge is -2.42. The minimum absolute atomic E-state index is 0.112. The average molecular weight is 238 g/mol. The first kappa shape index (κ1) is 10.6. The number of ether oxygens (including phenoxy) is 1. The van der Waals surface area contributed by atoms with Gasteiger partial charge < -0.3 is 10.1 Å². The Balaban J connectivity index is 1.80. The highest BCUT2D eigenvalue weighted by Crippen LogP contribution is 2.36. The molecular weight excluding hydrogens is 222 g/mol. The van der Waals surface area contributed by atoms with Crippen LogP contribution in [0.1, 0.15) is 18.4 Å². The molecule has 0 bridgehead atoms. The van der Waals surface area contributed by atoms with Gasteiger partial charge in [0.05, 0.1) is 18.6 Å². The Kier molecular flexibility index (Phi) is 2.66. The summed E-state index contributed by atoms with van der Waals surface area (Å²) in [6.45, 7) is 2.56. The van der Waals surface area contributed by atoms with Crippen molar-refractivity contribution in [2.45, 2.75) is 24.3 Å². The van der Waals surface area contributed by atoms with Gasteiger partial charge in [0, 0.05) is 17.6 Å². The monoisotopic (exact) mass is 237 g/mol. The molecule has 3 heteroatoms. The Hall–Kier alpha value is -0.570. The summed E-state index contributed by atoms with van der Waals surface area (Å²) in [5.74, 6) is 0. The normalized spacial score (nSPS) is 22.8. The molecule has 0 aromatic heterocycles. The van der Waals surface area contributed by atoms with Gasteiger partial charge in [-0.25, -0.2) is 0 Å². The molecule has 1 saturated carbocycles. The third-order valence-electron chi connectivity index (χ3n) is 3.51. The average Bonchev–Trinajstić information content (AvgIpc) is 3.02. The zero-order valence-electron chi connectivity index (χ0n) is 9.21. The summed E-state index contributed by atoms with van der Waals surface area (Å²) in [4.78, 5) is 0. The number of halogens is 1. The maximum absolute atomic E-state index is 6.27. The summed E-state index contributed by atoms with van der Waals surface area (Å²) < 4.78 is 5.40. The molecule has 0 spiro atoms. The second-order valence-electron chi connectivity index (χ2n) is 4.91. The molecule has 2 aliphatic rings. The molecule has 1 aromatic rings. The fraction of sp³-hybridized carbons (Fsp3) is 0.538. The SMILES string of the molecule is Clc1ccccc1C1(CNC2CC2)COC1. The number of benzene rings is 1. The van der Waals surface area contributed by atoms with Crippen molar-refractivity contribution in [3.05, 3.63) is 34.9 Å². The molecule has 16 heavy (non-hydrogen) atoms. The molecule has 1 saturated heterocycles. The van der Waals surface area contributed by atoms with Gasteiger partial charge in [-0.3, -0.25) is 0 Å². The summed E-state index contributed by atoms with van der Waals surface area (Å²) in [5.41, 5.74) is 1.34. The van der Waals surface area contributed by atoms with Crippen LogP contribution in [-0.4, -0.2) is 25.8 Å². The van der Waals surface area contributed by atoms with Crippen LogP contribution in [0.25, 0.3) is 0 Å². The van der Waals surface area contributed by atoms with E-state index in [0.29, 0.717) is 0 Å². The van der Waals surface area contributed by atoms with Gasteiger partial charge in [0.25, 0.3) is 0 Å². The van der Waals surface area contributed by atoms with Gasteiger partial charge in [-0.15, -0.1) is 0 Å². The Bertz CT molecular complexity index is 385. The Morgan fingerprint density at radius 3 is 2.62 bits per heavy atom. The van der Waals surface area contributed by atoms with Crippen LogP contribution in [0.5, 0.6) is 0 Å². The van der Waals surface area contributed by atoms with Crippen molar-refractivity contribution in [2.75, 3.05) is 19.8 Å². The van der Waals surface area contributed by atoms with E-state index in [1.165, 1.54) is 18.4 Å². The van der Waals surface area contributed by atoms with Gasteiger partial charge in [0.15, 0.2) is 0 Å². The van der Waals surface area contributed by atoms with Crippen LogP contribution in [0, 0.1) is 0 Å². The minimum Gasteiger partial charge on any atom is -0.379 e. The van der Waals surface area contributed by atoms with E-state index in [2.05, 4.69) is 17.4 Å². The van der Waals surface area contributed by atoms with Crippen LogP contribution in [0.4, 0.5) is 0 Å². The molecular formula is C13H16ClNO. The predicted molar refractivity (Wildman–Crippen MR) is 65.0 cm³/mol. The molecule has 0 radical (unpaired) electrons. The number of nitrogens with one attached hydrogen (secondary N) is 1. The van der Waals surface area contributed by atoms with Crippen molar-refractivity contribution >= 4 is 11.6 Å². The zero-order chi connectivity index (χ0) is 11.0. The lowest BCUT2D eigenvalue weighted by atomic mass is 9.78. The predicted octanol–water partition coefficient (Wildman–Crippen LogP) is 2.36. The molecule has 2 fully saturated rings. The summed E-state index contributed by atoms with van der Waals surface area (Å²) in [5, 5.41) is 4.45. The van der Waals surface area contributed by atoms with Crippen LogP contribution in [0.3, 0.4) is 0 Å². The van der Waals surface area contributed by atoms with Crippen molar-refractivity contribution < 1.29 is 4.74 Å². The molecule has 2 nitrogen and oxygen atoms in total. The molecule has 3 rings (SSSR count). The molecule has 1 aliphatic carbocycles. The molecule has 86 valence electrons. The van der Waals surface area contributed by atoms with E-state index in [1.54, 1.807) is 0 Å². The van der Waals surface area contributed by atoms with Crippen LogP contribution in [0.15, 0.2) is 24.3 Å². The van der Waals surface area contributed by atoms with E-state index in [0.717, 1.165) is 30.8 Å². The van der Waals surface area contributed by atoms with E-state index in [1.807, 2.05) is 12.1 Å². The Morgan fingerprint density at radius 2 is 2.06 bits per heavy atom. The molecule has 0 atom stereocenters. The topological polar surface area (TPSA) is 21.3 Å². The second-order valence-corrected chi connectivity index (χ2v) is 5.32. The maximum Gasteiger partial charge on any atom is 0.0598 e. The van der Waals surface area contributed by atoms with E-state index >= 15 is 0 Å². The van der Waals surface area contributed by atoms with Crippen molar-refractivity contribution in [3.63, 3.8) is 0 Å². The molecule has 0 amide bonds. The highest BCUT2D eigenvalue weighted by Gasteiger charge is 2.42. The molecule has 1 aromatic carbocycles. The largest absolute Gasteiger partial charge is 0.379 e. The third kappa shape index (κ3) is 1.86. The second kappa shape index (κ2) is 4.02. The highest BCUT2D eigenvalue weighted by molar-refractivity contribution is 6.31. The summed E-state index contributed by atoms with van der Waals surface area (Å²) in [6.07, 6.45) is 2.64. The standard InChI is InChI=1S/C13H16ClNO/c14-12-4-2-1-3-11(12)13(8-16-9-13)7-15-10-5-6-10/h1-4,10,15H,5-9H2. The lowest BCUT2D eigenvalue weighted by molar-refractivity contribution is -0.0591. The number of hydrogen-bond acceptors (Lipinski definition) is 2. The van der Waals surface area contributed by atoms with Crippen molar-refractivity contribution in [2.24, 2.45) is 0 Å². The van der Waals surface area contributed by atoms with E-state index in [-0.39, 0.29) is 5.41 Å². The van der Waals surface area contributed by atoms with Crippen molar-refractivity contribution in [1.29, 1.82) is 0 Å². The molecule has 1 heterocycles. The first-order valence-electron chi connectivity index (χ1n) is 5.86. The van der Waals surface area contributed by atoms with E-state index in [4.69, 9.17) is 16.3 Å². The fourth-order valence-corrected chi connectivity index (χ4v) is 2.56. The maximum atomic E-state index is 6.27. The third-order valence-corrected chi connectivity index (χ3v) is 3.84. The first-order valence-corrected chi connectivity index (χ1v) is 6.24. The van der Waals surface area contributed by atoms with Gasteiger partial charge in [0.2, 0.25) is 0 Å². The molecule has 1 N–H and O–H groups in total. The summed E-state index contributed by atoms with van der Waals surface area (Å²) >= 11 is 6.27. The Morgan fingerprint density at radius 1 is 1.31 bits per heavy atom. The van der Waals surface area contributed by atoms with E-state index in [9.17, 15) is 0 Å². The van der Waals surface area contributed by atoms with Gasteiger partial charge in [-0.1, -0.05) is 29.8 Å². The van der Waals surface area contributed by atoms with Gasteiger partial charge in [-0.2, -0.15) is 0 Å². The van der Waals surface area contributed by atoms with E-state index < -0.39 is 0 Å². The van der Waals surface area contributed by atoms with Crippen LogP contribution < -0.4 is 5.32 Å². The highest BCUT2D eigenvalue weighted by atomic mass is 35.5. The van der Waals surface area contributed by atoms with Crippen LogP contribution >= 0.6 is 11.6 Å². The van der Waals surface area contributed by atoms with Crippen molar-refractivity contribution in [3.8, 4) is 0 Å². The van der Waals surface area contributed by atoms with Crippen LogP contribution in [-0.2, 0) is 10.2 Å². The molecule has 1 aliphatic heterocycles. The van der Waals surface area contributed by atoms with Crippen LogP contribution in [0.2, 0.25) is 5.02 Å². The summed E-state index contributed by atoms with van der Waals surface area (Å²) in [6, 6.07) is 8.86. The smallest absolute Gasteiger partial charge is 0.0598 e. The number of rotatable bonds is 4. The molecule has 0 unspecified atom stereocenters.